The number of nitrogens with zero attached hydrogens (tertiary/aromatic N) is 3. The van der Waals surface area contributed by atoms with E-state index in [4.69, 9.17) is 9.15 Å². The first-order chi connectivity index (χ1) is 13.8. The lowest BCUT2D eigenvalue weighted by molar-refractivity contribution is 0.0507. The van der Waals surface area contributed by atoms with Crippen LogP contribution in [0.1, 0.15) is 53.4 Å². The fraction of sp³-hybridized carbons (Fsp3) is 0.409. The Kier molecular flexibility index (Phi) is 4.56. The average molecular weight is 377 g/mol. The summed E-state index contributed by atoms with van der Waals surface area (Å²) in [5.74, 6) is 1.24. The maximum atomic E-state index is 13.3. The van der Waals surface area contributed by atoms with Crippen molar-refractivity contribution in [3.8, 4) is 0 Å². The molecule has 3 aromatic rings. The lowest BCUT2D eigenvalue weighted by atomic mass is 10.1. The van der Waals surface area contributed by atoms with Crippen LogP contribution in [0, 0.1) is 0 Å². The molecular weight excluding hydrogens is 354 g/mol. The summed E-state index contributed by atoms with van der Waals surface area (Å²) in [6.45, 7) is 1.89. The Morgan fingerprint density at radius 2 is 2.00 bits per heavy atom. The molecule has 144 valence electrons. The Balaban J connectivity index is 1.41. The van der Waals surface area contributed by atoms with Gasteiger partial charge in [0, 0.05) is 43.6 Å². The molecule has 1 saturated carbocycles. The minimum atomic E-state index is -0.0152. The smallest absolute Gasteiger partial charge is 0.254 e. The molecule has 28 heavy (non-hydrogen) atoms. The van der Waals surface area contributed by atoms with Crippen molar-refractivity contribution in [2.24, 2.45) is 0 Å². The van der Waals surface area contributed by atoms with Gasteiger partial charge in [-0.05, 0) is 61.6 Å². The third-order valence-electron chi connectivity index (χ3n) is 5.44. The Morgan fingerprint density at radius 1 is 1.14 bits per heavy atom. The summed E-state index contributed by atoms with van der Waals surface area (Å²) in [5.41, 5.74) is 3.18. The van der Waals surface area contributed by atoms with Crippen LogP contribution in [0.4, 0.5) is 0 Å². The van der Waals surface area contributed by atoms with E-state index in [0.717, 1.165) is 49.3 Å². The van der Waals surface area contributed by atoms with E-state index in [1.54, 1.807) is 12.4 Å². The number of fused-ring (bicyclic) bond motifs is 1. The third-order valence-corrected chi connectivity index (χ3v) is 5.44. The van der Waals surface area contributed by atoms with Crippen molar-refractivity contribution in [3.63, 3.8) is 0 Å². The number of benzene rings is 1. The monoisotopic (exact) mass is 377 g/mol. The van der Waals surface area contributed by atoms with Crippen LogP contribution in [0.5, 0.6) is 0 Å². The fourth-order valence-electron chi connectivity index (χ4n) is 3.72. The topological polar surface area (TPSA) is 68.5 Å². The van der Waals surface area contributed by atoms with Crippen molar-refractivity contribution in [1.29, 1.82) is 0 Å². The zero-order valence-corrected chi connectivity index (χ0v) is 15.7. The van der Waals surface area contributed by atoms with Gasteiger partial charge in [-0.1, -0.05) is 0 Å². The van der Waals surface area contributed by atoms with E-state index in [0.29, 0.717) is 30.2 Å². The number of ether oxygens (including phenoxy) is 1. The van der Waals surface area contributed by atoms with Gasteiger partial charge in [-0.25, -0.2) is 4.98 Å². The van der Waals surface area contributed by atoms with E-state index in [1.165, 1.54) is 0 Å². The number of aromatic nitrogens is 2. The maximum absolute atomic E-state index is 13.3. The van der Waals surface area contributed by atoms with Gasteiger partial charge in [0.2, 0.25) is 0 Å². The molecule has 1 aromatic carbocycles. The summed E-state index contributed by atoms with van der Waals surface area (Å²) in [6, 6.07) is 9.44. The summed E-state index contributed by atoms with van der Waals surface area (Å²) in [4.78, 5) is 23.8. The number of oxazole rings is 1. The van der Waals surface area contributed by atoms with Crippen LogP contribution < -0.4 is 0 Å². The Bertz CT molecular complexity index is 975. The van der Waals surface area contributed by atoms with Gasteiger partial charge in [-0.15, -0.1) is 0 Å². The maximum Gasteiger partial charge on any atom is 0.254 e. The van der Waals surface area contributed by atoms with Crippen molar-refractivity contribution in [2.75, 3.05) is 13.2 Å². The van der Waals surface area contributed by atoms with Gasteiger partial charge in [-0.2, -0.15) is 0 Å². The second-order valence-corrected chi connectivity index (χ2v) is 7.69. The van der Waals surface area contributed by atoms with Crippen LogP contribution >= 0.6 is 0 Å². The Hall–Kier alpha value is -2.73. The zero-order valence-electron chi connectivity index (χ0n) is 15.7. The molecule has 1 aliphatic heterocycles. The molecule has 1 saturated heterocycles. The quantitative estimate of drug-likeness (QED) is 0.651. The molecule has 0 bridgehead atoms. The van der Waals surface area contributed by atoms with Gasteiger partial charge in [0.15, 0.2) is 11.5 Å². The Morgan fingerprint density at radius 3 is 2.75 bits per heavy atom. The molecule has 2 fully saturated rings. The highest BCUT2D eigenvalue weighted by molar-refractivity contribution is 5.97. The summed E-state index contributed by atoms with van der Waals surface area (Å²) in [7, 11) is 0. The van der Waals surface area contributed by atoms with Crippen molar-refractivity contribution >= 4 is 17.0 Å². The molecule has 6 heteroatoms. The molecule has 1 aliphatic carbocycles. The van der Waals surface area contributed by atoms with Gasteiger partial charge in [0.1, 0.15) is 5.52 Å². The predicted molar refractivity (Wildman–Crippen MR) is 104 cm³/mol. The van der Waals surface area contributed by atoms with Crippen LogP contribution in [-0.4, -0.2) is 40.0 Å². The molecule has 1 amide bonds. The summed E-state index contributed by atoms with van der Waals surface area (Å²) < 4.78 is 11.7. The van der Waals surface area contributed by atoms with E-state index >= 15 is 0 Å². The molecule has 2 aromatic heterocycles. The number of amides is 1. The van der Waals surface area contributed by atoms with Crippen LogP contribution in [0.15, 0.2) is 47.1 Å². The van der Waals surface area contributed by atoms with Crippen molar-refractivity contribution < 1.29 is 13.9 Å². The minimum absolute atomic E-state index is 0.0152. The first-order valence-electron chi connectivity index (χ1n) is 9.96. The van der Waals surface area contributed by atoms with Crippen molar-refractivity contribution in [3.05, 3.63) is 59.7 Å². The second kappa shape index (κ2) is 7.36. The normalized spacial score (nSPS) is 19.2. The largest absolute Gasteiger partial charge is 0.440 e. The van der Waals surface area contributed by atoms with Gasteiger partial charge in [0.05, 0.1) is 6.10 Å². The van der Waals surface area contributed by atoms with Crippen LogP contribution in [0.3, 0.4) is 0 Å². The summed E-state index contributed by atoms with van der Waals surface area (Å²) >= 11 is 0. The first kappa shape index (κ1) is 17.4. The summed E-state index contributed by atoms with van der Waals surface area (Å²) in [6.07, 6.45) is 7.93. The molecule has 3 heterocycles. The Labute approximate surface area is 163 Å². The molecule has 0 spiro atoms. The number of carbonyl (C=O) groups excluding carboxylic acids is 1. The lowest BCUT2D eigenvalue weighted by Crippen LogP contribution is -2.37. The molecule has 1 unspecified atom stereocenters. The molecule has 5 rings (SSSR count). The van der Waals surface area contributed by atoms with Crippen LogP contribution in [-0.2, 0) is 11.3 Å². The number of carbonyl (C=O) groups is 1. The molecule has 2 aliphatic rings. The number of pyridine rings is 1. The predicted octanol–water partition coefficient (Wildman–Crippen LogP) is 3.92. The third kappa shape index (κ3) is 3.64. The minimum Gasteiger partial charge on any atom is -0.440 e. The van der Waals surface area contributed by atoms with Gasteiger partial charge in [0.25, 0.3) is 5.91 Å². The number of hydrogen-bond donors (Lipinski definition) is 0. The molecular formula is C22H23N3O3. The highest BCUT2D eigenvalue weighted by atomic mass is 16.5. The molecule has 1 atom stereocenters. The average Bonchev–Trinajstić information content (AvgIpc) is 3.28. The van der Waals surface area contributed by atoms with Crippen molar-refractivity contribution in [2.45, 2.75) is 44.2 Å². The van der Waals surface area contributed by atoms with Gasteiger partial charge >= 0.3 is 0 Å². The number of rotatable bonds is 6. The summed E-state index contributed by atoms with van der Waals surface area (Å²) in [5, 5.41) is 0. The van der Waals surface area contributed by atoms with E-state index < -0.39 is 0 Å². The first-order valence-corrected chi connectivity index (χ1v) is 9.96. The molecule has 6 nitrogen and oxygen atoms in total. The van der Waals surface area contributed by atoms with E-state index in [9.17, 15) is 4.79 Å². The molecule has 0 radical (unpaired) electrons. The van der Waals surface area contributed by atoms with E-state index in [2.05, 4.69) is 9.97 Å². The van der Waals surface area contributed by atoms with E-state index in [-0.39, 0.29) is 12.0 Å². The number of hydrogen-bond acceptors (Lipinski definition) is 5. The fourth-order valence-corrected chi connectivity index (χ4v) is 3.72. The highest BCUT2D eigenvalue weighted by Gasteiger charge is 2.29. The standard InChI is InChI=1S/C22H23N3O3/c26-22(17-5-6-19-20(12-17)28-21(24-19)16-3-4-16)25(14-18-2-1-11-27-18)13-15-7-9-23-10-8-15/h5-10,12,16,18H,1-4,11,13-14H2. The lowest BCUT2D eigenvalue weighted by Gasteiger charge is -2.25. The van der Waals surface area contributed by atoms with E-state index in [1.807, 2.05) is 35.2 Å². The van der Waals surface area contributed by atoms with Crippen LogP contribution in [0.25, 0.3) is 11.1 Å². The highest BCUT2D eigenvalue weighted by Crippen LogP contribution is 2.40. The van der Waals surface area contributed by atoms with Gasteiger partial charge in [-0.3, -0.25) is 9.78 Å². The van der Waals surface area contributed by atoms with Crippen LogP contribution in [0.2, 0.25) is 0 Å². The SMILES string of the molecule is O=C(c1ccc2nc(C3CC3)oc2c1)N(Cc1ccncc1)CC1CCCO1. The zero-order chi connectivity index (χ0) is 18.9. The second-order valence-electron chi connectivity index (χ2n) is 7.69. The van der Waals surface area contributed by atoms with Crippen molar-refractivity contribution in [1.82, 2.24) is 14.9 Å². The molecule has 0 N–H and O–H groups in total. The van der Waals surface area contributed by atoms with Gasteiger partial charge < -0.3 is 14.1 Å².